The van der Waals surface area contributed by atoms with E-state index >= 15 is 0 Å². The monoisotopic (exact) mass is 385 g/mol. The van der Waals surface area contributed by atoms with Crippen LogP contribution in [0, 0.1) is 11.3 Å². The molecule has 2 aromatic carbocycles. The van der Waals surface area contributed by atoms with Gasteiger partial charge in [0, 0.05) is 25.5 Å². The molecule has 0 spiro atoms. The van der Waals surface area contributed by atoms with Crippen molar-refractivity contribution >= 4 is 16.6 Å². The van der Waals surface area contributed by atoms with Gasteiger partial charge in [-0.15, -0.1) is 0 Å². The zero-order valence-electron chi connectivity index (χ0n) is 17.4. The third-order valence-corrected chi connectivity index (χ3v) is 6.27. The van der Waals surface area contributed by atoms with Crippen molar-refractivity contribution in [2.75, 3.05) is 18.0 Å². The minimum atomic E-state index is -0.215. The molecule has 1 aliphatic rings. The van der Waals surface area contributed by atoms with Crippen LogP contribution in [-0.2, 0) is 7.05 Å². The Morgan fingerprint density at radius 2 is 1.69 bits per heavy atom. The molecule has 0 unspecified atom stereocenters. The summed E-state index contributed by atoms with van der Waals surface area (Å²) in [6.07, 6.45) is 2.05. The number of nitrogens with zero attached hydrogens (tertiary/aromatic N) is 3. The molecule has 29 heavy (non-hydrogen) atoms. The lowest BCUT2D eigenvalue weighted by Gasteiger charge is -2.35. The second-order valence-electron chi connectivity index (χ2n) is 8.30. The average Bonchev–Trinajstić information content (AvgIpc) is 2.76. The fourth-order valence-corrected chi connectivity index (χ4v) is 4.50. The Morgan fingerprint density at radius 3 is 2.31 bits per heavy atom. The molecule has 1 aliphatic heterocycles. The summed E-state index contributed by atoms with van der Waals surface area (Å²) in [4.78, 5) is 15.0. The van der Waals surface area contributed by atoms with Crippen LogP contribution in [0.15, 0.2) is 53.3 Å². The minimum absolute atomic E-state index is 0.215. The number of nitriles is 1. The van der Waals surface area contributed by atoms with E-state index in [9.17, 15) is 10.1 Å². The summed E-state index contributed by atoms with van der Waals surface area (Å²) in [5, 5.41) is 10.7. The first-order chi connectivity index (χ1) is 14.0. The Bertz CT molecular complexity index is 1130. The third-order valence-electron chi connectivity index (χ3n) is 6.27. The van der Waals surface area contributed by atoms with Crippen LogP contribution in [0.2, 0.25) is 0 Å². The predicted octanol–water partition coefficient (Wildman–Crippen LogP) is 4.92. The van der Waals surface area contributed by atoms with E-state index < -0.39 is 0 Å². The van der Waals surface area contributed by atoms with E-state index in [1.165, 1.54) is 11.1 Å². The van der Waals surface area contributed by atoms with Crippen LogP contribution >= 0.6 is 0 Å². The number of hydrogen-bond donors (Lipinski definition) is 0. The number of hydrogen-bond acceptors (Lipinski definition) is 3. The normalized spacial score (nSPS) is 15.1. The molecule has 3 aromatic rings. The highest BCUT2D eigenvalue weighted by molar-refractivity contribution is 5.94. The van der Waals surface area contributed by atoms with E-state index in [0.717, 1.165) is 42.5 Å². The smallest absolute Gasteiger partial charge is 0.270 e. The van der Waals surface area contributed by atoms with Gasteiger partial charge < -0.3 is 9.47 Å². The van der Waals surface area contributed by atoms with Gasteiger partial charge in [0.15, 0.2) is 0 Å². The van der Waals surface area contributed by atoms with E-state index in [2.05, 4.69) is 49.1 Å². The molecule has 1 saturated heterocycles. The second kappa shape index (κ2) is 7.75. The van der Waals surface area contributed by atoms with Crippen LogP contribution in [0.3, 0.4) is 0 Å². The number of piperidine rings is 1. The average molecular weight is 386 g/mol. The van der Waals surface area contributed by atoms with Gasteiger partial charge in [-0.05, 0) is 41.9 Å². The van der Waals surface area contributed by atoms with E-state index in [1.54, 1.807) is 11.6 Å². The summed E-state index contributed by atoms with van der Waals surface area (Å²) in [6.45, 7) is 6.13. The number of anilines is 1. The molecule has 0 atom stereocenters. The van der Waals surface area contributed by atoms with Crippen molar-refractivity contribution in [2.24, 2.45) is 7.05 Å². The maximum Gasteiger partial charge on any atom is 0.270 e. The topological polar surface area (TPSA) is 49.0 Å². The predicted molar refractivity (Wildman–Crippen MR) is 119 cm³/mol. The summed E-state index contributed by atoms with van der Waals surface area (Å²) in [5.41, 5.74) is 4.48. The van der Waals surface area contributed by atoms with Crippen molar-refractivity contribution < 1.29 is 0 Å². The first-order valence-corrected chi connectivity index (χ1v) is 10.4. The highest BCUT2D eigenvalue weighted by Crippen LogP contribution is 2.35. The van der Waals surface area contributed by atoms with E-state index in [1.807, 2.05) is 24.3 Å². The quantitative estimate of drug-likeness (QED) is 0.643. The van der Waals surface area contributed by atoms with Gasteiger partial charge in [0.25, 0.3) is 5.56 Å². The van der Waals surface area contributed by atoms with Gasteiger partial charge in [0.2, 0.25) is 0 Å². The van der Waals surface area contributed by atoms with Crippen molar-refractivity contribution in [1.82, 2.24) is 4.57 Å². The Morgan fingerprint density at radius 1 is 1.03 bits per heavy atom. The number of rotatable bonds is 3. The van der Waals surface area contributed by atoms with E-state index in [4.69, 9.17) is 0 Å². The maximum atomic E-state index is 12.8. The molecule has 148 valence electrons. The van der Waals surface area contributed by atoms with Gasteiger partial charge in [-0.1, -0.05) is 56.3 Å². The SMILES string of the molecule is CC(C)c1ccc(C2CCN(c3c(C#N)c(=O)n(C)c4ccccc34)CC2)cc1. The number of benzene rings is 2. The third kappa shape index (κ3) is 3.42. The van der Waals surface area contributed by atoms with Crippen LogP contribution in [0.4, 0.5) is 5.69 Å². The molecule has 0 saturated carbocycles. The first-order valence-electron chi connectivity index (χ1n) is 10.4. The van der Waals surface area contributed by atoms with Gasteiger partial charge in [0.05, 0.1) is 11.2 Å². The van der Waals surface area contributed by atoms with Crippen LogP contribution in [0.5, 0.6) is 0 Å². The van der Waals surface area contributed by atoms with Gasteiger partial charge in [0.1, 0.15) is 11.6 Å². The van der Waals surface area contributed by atoms with Crippen LogP contribution < -0.4 is 10.5 Å². The van der Waals surface area contributed by atoms with Gasteiger partial charge in [-0.2, -0.15) is 5.26 Å². The number of aryl methyl sites for hydroxylation is 1. The Labute approximate surface area is 172 Å². The molecule has 4 rings (SSSR count). The lowest BCUT2D eigenvalue weighted by molar-refractivity contribution is 0.505. The molecule has 0 bridgehead atoms. The molecule has 0 N–H and O–H groups in total. The lowest BCUT2D eigenvalue weighted by atomic mass is 9.87. The Balaban J connectivity index is 1.64. The molecule has 1 fully saturated rings. The number of fused-ring (bicyclic) bond motifs is 1. The van der Waals surface area contributed by atoms with E-state index in [0.29, 0.717) is 11.8 Å². The molecule has 2 heterocycles. The molecule has 4 heteroatoms. The van der Waals surface area contributed by atoms with Crippen molar-refractivity contribution in [3.63, 3.8) is 0 Å². The summed E-state index contributed by atoms with van der Waals surface area (Å²) in [5.74, 6) is 1.07. The standard InChI is InChI=1S/C25H27N3O/c1-17(2)18-8-10-19(11-9-18)20-12-14-28(15-13-20)24-21-6-4-5-7-23(21)27(3)25(29)22(24)16-26/h4-11,17,20H,12-15H2,1-3H3. The largest absolute Gasteiger partial charge is 0.370 e. The fraction of sp³-hybridized carbons (Fsp3) is 0.360. The molecule has 1 aromatic heterocycles. The summed E-state index contributed by atoms with van der Waals surface area (Å²) >= 11 is 0. The molecule has 4 nitrogen and oxygen atoms in total. The van der Waals surface area contributed by atoms with Crippen LogP contribution in [-0.4, -0.2) is 17.7 Å². The molecular formula is C25H27N3O. The number of pyridine rings is 1. The Hall–Kier alpha value is -3.06. The van der Waals surface area contributed by atoms with Gasteiger partial charge in [-0.3, -0.25) is 4.79 Å². The Kier molecular flexibility index (Phi) is 5.15. The van der Waals surface area contributed by atoms with E-state index in [-0.39, 0.29) is 11.1 Å². The second-order valence-corrected chi connectivity index (χ2v) is 8.30. The zero-order chi connectivity index (χ0) is 20.5. The summed E-state index contributed by atoms with van der Waals surface area (Å²) in [7, 11) is 1.74. The van der Waals surface area contributed by atoms with Crippen molar-refractivity contribution in [1.29, 1.82) is 5.26 Å². The number of para-hydroxylation sites is 1. The van der Waals surface area contributed by atoms with Gasteiger partial charge >= 0.3 is 0 Å². The number of aromatic nitrogens is 1. The highest BCUT2D eigenvalue weighted by atomic mass is 16.1. The summed E-state index contributed by atoms with van der Waals surface area (Å²) in [6, 6.07) is 19.1. The van der Waals surface area contributed by atoms with Crippen molar-refractivity contribution in [2.45, 2.75) is 38.5 Å². The molecular weight excluding hydrogens is 358 g/mol. The van der Waals surface area contributed by atoms with Crippen LogP contribution in [0.1, 0.15) is 55.2 Å². The van der Waals surface area contributed by atoms with Crippen LogP contribution in [0.25, 0.3) is 10.9 Å². The summed E-state index contributed by atoms with van der Waals surface area (Å²) < 4.78 is 1.58. The highest BCUT2D eigenvalue weighted by Gasteiger charge is 2.25. The van der Waals surface area contributed by atoms with Crippen molar-refractivity contribution in [3.8, 4) is 6.07 Å². The minimum Gasteiger partial charge on any atom is -0.370 e. The maximum absolute atomic E-state index is 12.8. The molecule has 0 aliphatic carbocycles. The van der Waals surface area contributed by atoms with Gasteiger partial charge in [-0.25, -0.2) is 0 Å². The fourth-order valence-electron chi connectivity index (χ4n) is 4.50. The first kappa shape index (κ1) is 19.3. The molecule has 0 amide bonds. The molecule has 0 radical (unpaired) electrons. The van der Waals surface area contributed by atoms with Crippen molar-refractivity contribution in [3.05, 3.63) is 75.6 Å². The lowest BCUT2D eigenvalue weighted by Crippen LogP contribution is -2.35. The zero-order valence-corrected chi connectivity index (χ0v) is 17.4.